The predicted molar refractivity (Wildman–Crippen MR) is 27.0 cm³/mol. The van der Waals surface area contributed by atoms with E-state index < -0.39 is 22.8 Å². The van der Waals surface area contributed by atoms with Crippen molar-refractivity contribution < 1.29 is 17.9 Å². The molecule has 6 heteroatoms. The number of rotatable bonds is 3. The second kappa shape index (κ2) is 3.72. The molecule has 10 heavy (non-hydrogen) atoms. The van der Waals surface area contributed by atoms with Crippen LogP contribution in [0, 0.1) is 0 Å². The lowest BCUT2D eigenvalue weighted by molar-refractivity contribution is -0.250. The summed E-state index contributed by atoms with van der Waals surface area (Å²) < 4.78 is 46.0. The van der Waals surface area contributed by atoms with Gasteiger partial charge in [-0.25, -0.2) is 0 Å². The van der Waals surface area contributed by atoms with Gasteiger partial charge in [0.1, 0.15) is 0 Å². The molecule has 0 radical (unpaired) electrons. The highest BCUT2D eigenvalue weighted by molar-refractivity contribution is 4.65. The molecule has 62 valence electrons. The largest absolute Gasteiger partial charge is 0.101 e. The van der Waals surface area contributed by atoms with Crippen LogP contribution in [0.1, 0.15) is 13.8 Å². The Kier molecular flexibility index (Phi) is 3.59. The van der Waals surface area contributed by atoms with Crippen molar-refractivity contribution in [1.82, 2.24) is 10.7 Å². The lowest BCUT2D eigenvalue weighted by Crippen LogP contribution is -2.36. The molecule has 0 spiro atoms. The van der Waals surface area contributed by atoms with E-state index >= 15 is 0 Å². The molecule has 0 N–H and O–H groups in total. The normalized spacial score (nSPS) is 18.0. The zero-order chi connectivity index (χ0) is 8.31. The van der Waals surface area contributed by atoms with Crippen molar-refractivity contribution in [2.45, 2.75) is 25.9 Å². The molecular weight excluding hydrogens is 152 g/mol. The van der Waals surface area contributed by atoms with Gasteiger partial charge in [0.2, 0.25) is 0 Å². The molecule has 0 heterocycles. The number of hydrogen-bond acceptors (Lipinski definition) is 2. The molecule has 0 rings (SSSR count). The molecule has 0 aliphatic rings. The molecule has 0 fully saturated rings. The third kappa shape index (κ3) is 2.49. The van der Waals surface area contributed by atoms with Crippen molar-refractivity contribution in [3.63, 3.8) is 0 Å². The Bertz CT molecular complexity index is 85.3. The van der Waals surface area contributed by atoms with Gasteiger partial charge in [-0.3, -0.25) is 0 Å². The summed E-state index contributed by atoms with van der Waals surface area (Å²) in [7, 11) is 0. The van der Waals surface area contributed by atoms with Crippen LogP contribution < -0.4 is 0 Å². The molecule has 0 saturated carbocycles. The van der Waals surface area contributed by atoms with Crippen LogP contribution in [-0.2, 0) is 0 Å². The van der Waals surface area contributed by atoms with Gasteiger partial charge in [0.25, 0.3) is 0 Å². The molecular formula is C4H8F4N2. The molecule has 0 aliphatic carbocycles. The average Bonchev–Trinajstić information content (AvgIpc) is 1.84. The molecule has 0 amide bonds. The Morgan fingerprint density at radius 1 is 0.800 bits per heavy atom. The maximum atomic E-state index is 11.5. The van der Waals surface area contributed by atoms with Crippen molar-refractivity contribution >= 4 is 0 Å². The zero-order valence-electron chi connectivity index (χ0n) is 5.56. The molecule has 0 bridgehead atoms. The highest BCUT2D eigenvalue weighted by atomic mass is 19.4. The molecule has 0 saturated heterocycles. The summed E-state index contributed by atoms with van der Waals surface area (Å²) in [6.07, 6.45) is 0. The van der Waals surface area contributed by atoms with E-state index in [4.69, 9.17) is 0 Å². The van der Waals surface area contributed by atoms with E-state index in [1.54, 1.807) is 0 Å². The molecule has 0 aromatic rings. The summed E-state index contributed by atoms with van der Waals surface area (Å²) in [4.78, 5) is 0. The van der Waals surface area contributed by atoms with Crippen molar-refractivity contribution in [2.24, 2.45) is 0 Å². The summed E-state index contributed by atoms with van der Waals surface area (Å²) in [5.41, 5.74) is 0. The highest BCUT2D eigenvalue weighted by Crippen LogP contribution is 2.11. The fourth-order valence-electron chi connectivity index (χ4n) is 0.326. The number of nitrogens with zero attached hydrogens (tertiary/aromatic N) is 2. The van der Waals surface area contributed by atoms with Crippen LogP contribution in [0.15, 0.2) is 0 Å². The van der Waals surface area contributed by atoms with Crippen molar-refractivity contribution in [3.05, 3.63) is 0 Å². The van der Waals surface area contributed by atoms with Gasteiger partial charge >= 0.3 is 0 Å². The van der Waals surface area contributed by atoms with Gasteiger partial charge in [-0.15, -0.1) is 17.9 Å². The van der Waals surface area contributed by atoms with E-state index in [0.29, 0.717) is 0 Å². The Labute approximate surface area is 55.8 Å². The Morgan fingerprint density at radius 2 is 1.00 bits per heavy atom. The van der Waals surface area contributed by atoms with Crippen LogP contribution >= 0.6 is 0 Å². The monoisotopic (exact) mass is 160 g/mol. The third-order valence-corrected chi connectivity index (χ3v) is 1.31. The van der Waals surface area contributed by atoms with Gasteiger partial charge in [-0.05, 0) is 13.8 Å². The average molecular weight is 160 g/mol. The first kappa shape index (κ1) is 9.64. The minimum Gasteiger partial charge on any atom is -0.101 e. The summed E-state index contributed by atoms with van der Waals surface area (Å²) in [6.45, 7) is 2.02. The Hall–Kier alpha value is -0.360. The molecule has 2 nitrogen and oxygen atoms in total. The van der Waals surface area contributed by atoms with Gasteiger partial charge in [0.05, 0.1) is 12.1 Å². The minimum atomic E-state index is -1.46. The van der Waals surface area contributed by atoms with Crippen molar-refractivity contribution in [2.75, 3.05) is 0 Å². The Balaban J connectivity index is 3.81. The van der Waals surface area contributed by atoms with Gasteiger partial charge in [0.15, 0.2) is 0 Å². The van der Waals surface area contributed by atoms with Crippen molar-refractivity contribution in [3.8, 4) is 0 Å². The maximum Gasteiger partial charge on any atom is 0.0908 e. The molecule has 2 atom stereocenters. The quantitative estimate of drug-likeness (QED) is 0.459. The molecule has 0 aromatic carbocycles. The van der Waals surface area contributed by atoms with Crippen LogP contribution in [0.2, 0.25) is 0 Å². The van der Waals surface area contributed by atoms with Crippen LogP contribution in [0.25, 0.3) is 0 Å². The second-order valence-corrected chi connectivity index (χ2v) is 2.00. The van der Waals surface area contributed by atoms with Crippen LogP contribution in [-0.4, -0.2) is 22.8 Å². The van der Waals surface area contributed by atoms with E-state index in [0.717, 1.165) is 13.8 Å². The number of hydrogen-bond donors (Lipinski definition) is 0. The standard InChI is InChI=1S/C4H8F4N2/c1-3(9(5)6)4(2)10(7)8/h3-4H,1-2H3. The van der Waals surface area contributed by atoms with Gasteiger partial charge in [0, 0.05) is 10.7 Å². The molecule has 2 unspecified atom stereocenters. The van der Waals surface area contributed by atoms with Crippen molar-refractivity contribution in [1.29, 1.82) is 0 Å². The summed E-state index contributed by atoms with van der Waals surface area (Å²) in [5, 5.41) is -2.48. The first-order valence-electron chi connectivity index (χ1n) is 2.68. The summed E-state index contributed by atoms with van der Waals surface area (Å²) in [5.74, 6) is 0. The van der Waals surface area contributed by atoms with Crippen LogP contribution in [0.5, 0.6) is 0 Å². The summed E-state index contributed by atoms with van der Waals surface area (Å²) >= 11 is 0. The fourth-order valence-corrected chi connectivity index (χ4v) is 0.326. The smallest absolute Gasteiger partial charge is 0.0908 e. The van der Waals surface area contributed by atoms with Crippen LogP contribution in [0.4, 0.5) is 17.9 Å². The lowest BCUT2D eigenvalue weighted by Gasteiger charge is -2.18. The Morgan fingerprint density at radius 3 is 1.10 bits per heavy atom. The minimum absolute atomic E-state index is 1.01. The zero-order valence-corrected chi connectivity index (χ0v) is 5.56. The van der Waals surface area contributed by atoms with Crippen LogP contribution in [0.3, 0.4) is 0 Å². The first-order valence-corrected chi connectivity index (χ1v) is 2.68. The second-order valence-electron chi connectivity index (χ2n) is 2.00. The number of halogens is 4. The van der Waals surface area contributed by atoms with E-state index in [-0.39, 0.29) is 0 Å². The highest BCUT2D eigenvalue weighted by Gasteiger charge is 2.26. The topological polar surface area (TPSA) is 6.48 Å². The van der Waals surface area contributed by atoms with E-state index in [1.807, 2.05) is 0 Å². The summed E-state index contributed by atoms with van der Waals surface area (Å²) in [6, 6.07) is -2.93. The van der Waals surface area contributed by atoms with Gasteiger partial charge < -0.3 is 0 Å². The third-order valence-electron chi connectivity index (χ3n) is 1.31. The fraction of sp³-hybridized carbons (Fsp3) is 1.00. The molecule has 0 aromatic heterocycles. The SMILES string of the molecule is CC(C(C)N(F)F)N(F)F. The predicted octanol–water partition coefficient (Wildman–Crippen LogP) is 1.91. The van der Waals surface area contributed by atoms with E-state index in [2.05, 4.69) is 0 Å². The first-order chi connectivity index (χ1) is 4.46. The molecule has 0 aliphatic heterocycles. The van der Waals surface area contributed by atoms with E-state index in [1.165, 1.54) is 0 Å². The maximum absolute atomic E-state index is 11.5. The lowest BCUT2D eigenvalue weighted by atomic mass is 10.2. The van der Waals surface area contributed by atoms with E-state index in [9.17, 15) is 17.9 Å². The van der Waals surface area contributed by atoms with Gasteiger partial charge in [-0.1, -0.05) is 0 Å². The van der Waals surface area contributed by atoms with Gasteiger partial charge in [-0.2, -0.15) is 0 Å².